The number of imidazole rings is 2. The van der Waals surface area contributed by atoms with E-state index in [-0.39, 0.29) is 17.8 Å². The fourth-order valence-corrected chi connectivity index (χ4v) is 2.04. The van der Waals surface area contributed by atoms with Crippen molar-refractivity contribution in [1.82, 2.24) is 24.8 Å². The third-order valence-electron chi connectivity index (χ3n) is 3.12. The number of benzene rings is 1. The van der Waals surface area contributed by atoms with E-state index in [1.54, 1.807) is 12.4 Å². The molecule has 0 spiro atoms. The van der Waals surface area contributed by atoms with Crippen molar-refractivity contribution < 1.29 is 4.79 Å². The van der Waals surface area contributed by atoms with Crippen LogP contribution in [0, 0.1) is 0 Å². The van der Waals surface area contributed by atoms with E-state index in [2.05, 4.69) is 20.3 Å². The molecule has 1 amide bonds. The lowest BCUT2D eigenvalue weighted by Crippen LogP contribution is -2.30. The maximum atomic E-state index is 11.9. The number of carbonyl (C=O) groups excluding carboxylic acids is 1. The molecule has 0 aliphatic carbocycles. The topological polar surface area (TPSA) is 95.6 Å². The molecule has 7 heteroatoms. The Hall–Kier alpha value is -2.83. The second kappa shape index (κ2) is 4.69. The van der Waals surface area contributed by atoms with E-state index in [1.165, 1.54) is 10.9 Å². The van der Waals surface area contributed by atoms with Crippen LogP contribution in [0.3, 0.4) is 0 Å². The number of H-pyrrole nitrogens is 2. The largest absolute Gasteiger partial charge is 0.331 e. The van der Waals surface area contributed by atoms with Gasteiger partial charge in [-0.3, -0.25) is 4.57 Å². The first-order valence-electron chi connectivity index (χ1n) is 6.14. The van der Waals surface area contributed by atoms with Crippen molar-refractivity contribution in [2.45, 2.75) is 13.0 Å². The molecule has 1 unspecified atom stereocenters. The zero-order valence-electron chi connectivity index (χ0n) is 10.8. The number of aromatic nitrogens is 4. The Kier molecular flexibility index (Phi) is 2.86. The van der Waals surface area contributed by atoms with Gasteiger partial charge in [-0.1, -0.05) is 6.07 Å². The van der Waals surface area contributed by atoms with Gasteiger partial charge in [-0.05, 0) is 24.6 Å². The van der Waals surface area contributed by atoms with Gasteiger partial charge in [0.2, 0.25) is 0 Å². The number of hydrogen-bond donors (Lipinski definition) is 3. The number of rotatable bonds is 2. The third-order valence-corrected chi connectivity index (χ3v) is 3.12. The Morgan fingerprint density at radius 3 is 2.90 bits per heavy atom. The van der Waals surface area contributed by atoms with Crippen LogP contribution in [0.2, 0.25) is 0 Å². The molecule has 1 atom stereocenters. The second-order valence-electron chi connectivity index (χ2n) is 4.53. The fourth-order valence-electron chi connectivity index (χ4n) is 2.04. The summed E-state index contributed by atoms with van der Waals surface area (Å²) in [6, 6.07) is 5.07. The summed E-state index contributed by atoms with van der Waals surface area (Å²) in [5, 5.41) is 2.85. The van der Waals surface area contributed by atoms with Crippen LogP contribution in [-0.4, -0.2) is 25.6 Å². The molecule has 0 radical (unpaired) electrons. The van der Waals surface area contributed by atoms with Crippen LogP contribution >= 0.6 is 0 Å². The van der Waals surface area contributed by atoms with Crippen LogP contribution in [0.4, 0.5) is 4.79 Å². The zero-order chi connectivity index (χ0) is 14.1. The Bertz CT molecular complexity index is 800. The monoisotopic (exact) mass is 271 g/mol. The van der Waals surface area contributed by atoms with E-state index >= 15 is 0 Å². The molecule has 0 aliphatic heterocycles. The van der Waals surface area contributed by atoms with E-state index in [4.69, 9.17) is 0 Å². The summed E-state index contributed by atoms with van der Waals surface area (Å²) in [4.78, 5) is 32.3. The molecule has 2 aromatic heterocycles. The zero-order valence-corrected chi connectivity index (χ0v) is 10.8. The van der Waals surface area contributed by atoms with Crippen LogP contribution in [-0.2, 0) is 0 Å². The lowest BCUT2D eigenvalue weighted by atomic mass is 10.1. The molecule has 0 saturated heterocycles. The van der Waals surface area contributed by atoms with Gasteiger partial charge in [0.1, 0.15) is 6.33 Å². The van der Waals surface area contributed by atoms with Crippen molar-refractivity contribution in [3.8, 4) is 0 Å². The molecule has 20 heavy (non-hydrogen) atoms. The van der Waals surface area contributed by atoms with Crippen molar-refractivity contribution in [1.29, 1.82) is 0 Å². The number of nitrogens with one attached hydrogen (secondary N) is 3. The van der Waals surface area contributed by atoms with Crippen LogP contribution < -0.4 is 11.0 Å². The normalized spacial score (nSPS) is 12.4. The molecule has 0 aliphatic rings. The Morgan fingerprint density at radius 2 is 2.15 bits per heavy atom. The molecule has 3 rings (SSSR count). The first kappa shape index (κ1) is 12.2. The Balaban J connectivity index is 1.83. The van der Waals surface area contributed by atoms with Gasteiger partial charge in [0.05, 0.1) is 17.1 Å². The highest BCUT2D eigenvalue weighted by Gasteiger charge is 2.11. The number of nitrogens with zero attached hydrogens (tertiary/aromatic N) is 2. The molecular formula is C13H13N5O2. The van der Waals surface area contributed by atoms with Gasteiger partial charge in [-0.2, -0.15) is 0 Å². The van der Waals surface area contributed by atoms with Crippen molar-refractivity contribution in [3.05, 3.63) is 53.0 Å². The average molecular weight is 271 g/mol. The van der Waals surface area contributed by atoms with Gasteiger partial charge in [0, 0.05) is 12.4 Å². The minimum atomic E-state index is -0.252. The van der Waals surface area contributed by atoms with Crippen molar-refractivity contribution in [3.63, 3.8) is 0 Å². The highest BCUT2D eigenvalue weighted by molar-refractivity contribution is 5.78. The smallest absolute Gasteiger partial charge is 0.327 e. The molecule has 0 fully saturated rings. The van der Waals surface area contributed by atoms with E-state index < -0.39 is 0 Å². The number of carbonyl (C=O) groups is 1. The van der Waals surface area contributed by atoms with Crippen LogP contribution in [0.1, 0.15) is 18.5 Å². The summed E-state index contributed by atoms with van der Waals surface area (Å²) in [6.45, 7) is 1.88. The quantitative estimate of drug-likeness (QED) is 0.657. The molecule has 102 valence electrons. The van der Waals surface area contributed by atoms with Gasteiger partial charge in [0.15, 0.2) is 0 Å². The third kappa shape index (κ3) is 2.20. The van der Waals surface area contributed by atoms with Gasteiger partial charge in [0.25, 0.3) is 0 Å². The van der Waals surface area contributed by atoms with E-state index in [0.717, 1.165) is 16.6 Å². The first-order valence-corrected chi connectivity index (χ1v) is 6.14. The minimum Gasteiger partial charge on any atom is -0.331 e. The van der Waals surface area contributed by atoms with E-state index in [9.17, 15) is 9.59 Å². The molecule has 3 N–H and O–H groups in total. The number of fused-ring (bicyclic) bond motifs is 1. The SMILES string of the molecule is CC(NC(=O)n1ccnc1)c1ccc2[nH]c(=O)[nH]c2c1. The molecule has 2 heterocycles. The molecule has 0 saturated carbocycles. The molecule has 0 bridgehead atoms. The van der Waals surface area contributed by atoms with Crippen LogP contribution in [0.5, 0.6) is 0 Å². The second-order valence-corrected chi connectivity index (χ2v) is 4.53. The Labute approximate surface area is 113 Å². The summed E-state index contributed by atoms with van der Waals surface area (Å²) < 4.78 is 1.37. The standard InChI is InChI=1S/C13H13N5O2/c1-8(15-13(20)18-5-4-14-7-18)9-2-3-10-11(6-9)17-12(19)16-10/h2-8H,1H3,(H,15,20)(H2,16,17,19). The maximum Gasteiger partial charge on any atom is 0.327 e. The van der Waals surface area contributed by atoms with E-state index in [0.29, 0.717) is 0 Å². The summed E-state index contributed by atoms with van der Waals surface area (Å²) in [5.41, 5.74) is 2.12. The lowest BCUT2D eigenvalue weighted by molar-refractivity contribution is 0.239. The first-order chi connectivity index (χ1) is 9.63. The van der Waals surface area contributed by atoms with Gasteiger partial charge >= 0.3 is 11.7 Å². The number of aromatic amines is 2. The number of hydrogen-bond acceptors (Lipinski definition) is 3. The highest BCUT2D eigenvalue weighted by atomic mass is 16.2. The lowest BCUT2D eigenvalue weighted by Gasteiger charge is -2.14. The predicted molar refractivity (Wildman–Crippen MR) is 73.5 cm³/mol. The summed E-state index contributed by atoms with van der Waals surface area (Å²) >= 11 is 0. The average Bonchev–Trinajstić information content (AvgIpc) is 3.05. The Morgan fingerprint density at radius 1 is 1.35 bits per heavy atom. The summed E-state index contributed by atoms with van der Waals surface area (Å²) in [5.74, 6) is 0. The van der Waals surface area contributed by atoms with Crippen molar-refractivity contribution in [2.75, 3.05) is 0 Å². The van der Waals surface area contributed by atoms with Crippen LogP contribution in [0.15, 0.2) is 41.7 Å². The molecule has 3 aromatic rings. The molecular weight excluding hydrogens is 258 g/mol. The fraction of sp³-hybridized carbons (Fsp3) is 0.154. The summed E-state index contributed by atoms with van der Waals surface area (Å²) in [6.07, 6.45) is 4.56. The predicted octanol–water partition coefficient (Wildman–Crippen LogP) is 1.37. The van der Waals surface area contributed by atoms with E-state index in [1.807, 2.05) is 25.1 Å². The molecule has 1 aromatic carbocycles. The maximum absolute atomic E-state index is 11.9. The highest BCUT2D eigenvalue weighted by Crippen LogP contribution is 2.17. The molecule has 7 nitrogen and oxygen atoms in total. The van der Waals surface area contributed by atoms with Gasteiger partial charge < -0.3 is 15.3 Å². The summed E-state index contributed by atoms with van der Waals surface area (Å²) in [7, 11) is 0. The minimum absolute atomic E-state index is 0.187. The van der Waals surface area contributed by atoms with Crippen molar-refractivity contribution >= 4 is 17.1 Å². The van der Waals surface area contributed by atoms with Gasteiger partial charge in [-0.15, -0.1) is 0 Å². The van der Waals surface area contributed by atoms with Crippen LogP contribution in [0.25, 0.3) is 11.0 Å². The van der Waals surface area contributed by atoms with Crippen molar-refractivity contribution in [2.24, 2.45) is 0 Å². The van der Waals surface area contributed by atoms with Gasteiger partial charge in [-0.25, -0.2) is 14.6 Å². The number of amides is 1.